The molecule has 1 aliphatic carbocycles. The van der Waals surface area contributed by atoms with Gasteiger partial charge < -0.3 is 65.1 Å². The molecule has 21 atom stereocenters. The number of aliphatic hydroxyl groups is 4. The van der Waals surface area contributed by atoms with Crippen LogP contribution in [0.4, 0.5) is 0 Å². The van der Waals surface area contributed by atoms with Crippen molar-refractivity contribution in [3.05, 3.63) is 46.2 Å². The highest BCUT2D eigenvalue weighted by Gasteiger charge is 2.61. The third kappa shape index (κ3) is 16.4. The number of β-lactam (4-membered cyclic amide) rings is 1. The molecule has 23 heteroatoms. The lowest BCUT2D eigenvalue weighted by Gasteiger charge is -2.46. The third-order valence-electron chi connectivity index (χ3n) is 22.1. The summed E-state index contributed by atoms with van der Waals surface area (Å²) in [5.41, 5.74) is 1.48. The van der Waals surface area contributed by atoms with Crippen LogP contribution < -0.4 is 10.6 Å². The number of amides is 4. The molecule has 6 fully saturated rings. The highest BCUT2D eigenvalue weighted by molar-refractivity contribution is 8.03. The van der Waals surface area contributed by atoms with Gasteiger partial charge in [0.05, 0.1) is 55.1 Å². The maximum Gasteiger partial charge on any atom is 0.353 e. The van der Waals surface area contributed by atoms with E-state index in [2.05, 4.69) is 24.1 Å². The van der Waals surface area contributed by atoms with Crippen molar-refractivity contribution >= 4 is 58.9 Å². The molecule has 7 aliphatic heterocycles. The Kier molecular flexibility index (Phi) is 24.3. The van der Waals surface area contributed by atoms with Gasteiger partial charge in [-0.15, -0.1) is 11.8 Å². The number of carboxylic acids is 1. The summed E-state index contributed by atoms with van der Waals surface area (Å²) in [5.74, 6) is -10.9. The number of likely N-dealkylation sites (tertiary alicyclic amines) is 2. The molecular formula is C70H108N6O16S. The molecule has 0 aromatic heterocycles. The van der Waals surface area contributed by atoms with Crippen molar-refractivity contribution in [1.29, 1.82) is 0 Å². The van der Waals surface area contributed by atoms with Crippen molar-refractivity contribution in [2.45, 2.75) is 238 Å². The minimum atomic E-state index is -2.43. The number of ketones is 2. The molecule has 4 amide bonds. The first-order valence-electron chi connectivity index (χ1n) is 34.3. The maximum atomic E-state index is 15.0. The van der Waals surface area contributed by atoms with Gasteiger partial charge in [-0.05, 0) is 141 Å². The van der Waals surface area contributed by atoms with Crippen LogP contribution in [0.25, 0.3) is 0 Å². The number of cyclic esters (lactones) is 1. The standard InChI is InChI=1S/C70H108N6O16S/c1-36-25-37(2)27-47(20-22-69(11,12)45(10)71-33-56(81)72-48-21-24-74(34-48)64(83)51-31-49(35-73(51)13)93-62-43(8)58-57(44(9)77)65(84)76(58)59(62)67(86)87)54(80)32-53(79)42(7)61(40(5)29-46-18-19-52(78)55(30-46)90-14)91-68(88)50-17-15-16-23-75(50)66(85)63(82)70(89)41(6)28-39(4)60(92-70)38(3)26-36/h27,29,36,38-39,41-44,46-53,55,57-58,60-61,71,77-79,89H,10,15-26,28,30-35H2,1-9,11-14H3,(H,72,81)(H,86,87)/b37-27+,40-29+/t36-,38-,39-,41+,42+,43+,44+,46-,47+,48-,49-,50-,51-,52+,53-,55+,57+,58+,60+,61+,70+/m0/s1. The molecule has 5 saturated heterocycles. The molecule has 0 unspecified atom stereocenters. The Morgan fingerprint density at radius 2 is 1.63 bits per heavy atom. The van der Waals surface area contributed by atoms with Crippen LogP contribution in [0.15, 0.2) is 46.2 Å². The number of methoxy groups -OCH3 is 1. The van der Waals surface area contributed by atoms with Crippen LogP contribution in [0, 0.1) is 58.7 Å². The number of allylic oxidation sites excluding steroid dienone is 4. The van der Waals surface area contributed by atoms with E-state index in [-0.39, 0.29) is 96.0 Å². The second kappa shape index (κ2) is 30.6. The van der Waals surface area contributed by atoms with E-state index in [0.29, 0.717) is 113 Å². The van der Waals surface area contributed by atoms with Crippen molar-refractivity contribution in [1.82, 2.24) is 30.2 Å². The van der Waals surface area contributed by atoms with Crippen LogP contribution in [0.5, 0.6) is 0 Å². The lowest BCUT2D eigenvalue weighted by Crippen LogP contribution is -2.63. The summed E-state index contributed by atoms with van der Waals surface area (Å²) in [5, 5.41) is 61.9. The van der Waals surface area contributed by atoms with Gasteiger partial charge in [-0.1, -0.05) is 79.7 Å². The van der Waals surface area contributed by atoms with Gasteiger partial charge in [0.15, 0.2) is 0 Å². The number of carbonyl (C=O) groups excluding carboxylic acids is 7. The highest BCUT2D eigenvalue weighted by Crippen LogP contribution is 2.52. The van der Waals surface area contributed by atoms with Crippen LogP contribution in [0.2, 0.25) is 0 Å². The molecule has 0 aromatic rings. The Bertz CT molecular complexity index is 2910. The van der Waals surface area contributed by atoms with Crippen molar-refractivity contribution in [2.75, 3.05) is 46.9 Å². The molecule has 0 aromatic carbocycles. The summed E-state index contributed by atoms with van der Waals surface area (Å²) in [6.07, 6.45) is 5.22. The molecule has 22 nitrogen and oxygen atoms in total. The van der Waals surface area contributed by atoms with Gasteiger partial charge >= 0.3 is 11.9 Å². The number of fused-ring (bicyclic) bond motifs is 4. The first-order chi connectivity index (χ1) is 43.7. The first kappa shape index (κ1) is 73.8. The molecule has 7 N–H and O–H groups in total. The van der Waals surface area contributed by atoms with Crippen LogP contribution in [0.1, 0.15) is 166 Å². The van der Waals surface area contributed by atoms with Crippen molar-refractivity contribution < 1.29 is 78.1 Å². The van der Waals surface area contributed by atoms with Gasteiger partial charge in [0.2, 0.25) is 23.5 Å². The number of ether oxygens (including phenoxy) is 3. The lowest BCUT2D eigenvalue weighted by molar-refractivity contribution is -0.282. The number of hydrogen-bond donors (Lipinski definition) is 7. The van der Waals surface area contributed by atoms with Gasteiger partial charge in [-0.25, -0.2) is 9.59 Å². The normalized spacial score (nSPS) is 38.3. The summed E-state index contributed by atoms with van der Waals surface area (Å²) in [7, 11) is 3.42. The summed E-state index contributed by atoms with van der Waals surface area (Å²) < 4.78 is 18.5. The van der Waals surface area contributed by atoms with Crippen LogP contribution in [-0.4, -0.2) is 211 Å². The molecule has 1 saturated carbocycles. The highest BCUT2D eigenvalue weighted by atomic mass is 32.2. The van der Waals surface area contributed by atoms with Gasteiger partial charge in [0, 0.05) is 90.7 Å². The van der Waals surface area contributed by atoms with E-state index in [0.717, 1.165) is 5.57 Å². The number of piperidine rings is 1. The molecule has 0 spiro atoms. The number of esters is 1. The average molecular weight is 1320 g/mol. The summed E-state index contributed by atoms with van der Waals surface area (Å²) in [4.78, 5) is 119. The van der Waals surface area contributed by atoms with E-state index < -0.39 is 113 Å². The third-order valence-corrected chi connectivity index (χ3v) is 23.6. The lowest BCUT2D eigenvalue weighted by atomic mass is 9.76. The zero-order valence-electron chi connectivity index (χ0n) is 57.3. The molecule has 2 bridgehead atoms. The van der Waals surface area contributed by atoms with E-state index in [9.17, 15) is 63.9 Å². The van der Waals surface area contributed by atoms with E-state index in [1.54, 1.807) is 32.8 Å². The van der Waals surface area contributed by atoms with Crippen LogP contribution in [0.3, 0.4) is 0 Å². The average Bonchev–Trinajstić information content (AvgIpc) is 1.57. The Hall–Kier alpha value is -5.01. The number of carbonyl (C=O) groups is 8. The van der Waals surface area contributed by atoms with Crippen LogP contribution in [-0.2, 0) is 52.6 Å². The van der Waals surface area contributed by atoms with Crippen molar-refractivity contribution in [2.24, 2.45) is 58.7 Å². The zero-order valence-corrected chi connectivity index (χ0v) is 58.1. The number of Topliss-reactive ketones (excluding diaryl/α,β-unsaturated/α-hetero) is 2. The molecule has 7 heterocycles. The number of likely N-dealkylation sites (N-methyl/N-ethyl adjacent to an activating group) is 1. The Labute approximate surface area is 554 Å². The zero-order chi connectivity index (χ0) is 68.5. The smallest absolute Gasteiger partial charge is 0.353 e. The predicted molar refractivity (Wildman–Crippen MR) is 350 cm³/mol. The van der Waals surface area contributed by atoms with Crippen LogP contribution >= 0.6 is 11.8 Å². The quantitative estimate of drug-likeness (QED) is 0.0410. The largest absolute Gasteiger partial charge is 0.477 e. The number of carboxylic acid groups (broad SMARTS) is 1. The van der Waals surface area contributed by atoms with Gasteiger partial charge in [-0.3, -0.25) is 33.7 Å². The molecular weight excluding hydrogens is 1210 g/mol. The topological polar surface area (TPSA) is 302 Å². The molecule has 8 rings (SSSR count). The minimum Gasteiger partial charge on any atom is -0.477 e. The molecule has 93 heavy (non-hydrogen) atoms. The molecule has 520 valence electrons. The Morgan fingerprint density at radius 3 is 2.31 bits per heavy atom. The number of nitrogens with one attached hydrogen (secondary N) is 2. The summed E-state index contributed by atoms with van der Waals surface area (Å²) in [6, 6.07) is -2.34. The van der Waals surface area contributed by atoms with Gasteiger partial charge in [0.25, 0.3) is 11.7 Å². The summed E-state index contributed by atoms with van der Waals surface area (Å²) >= 11 is 1.41. The fourth-order valence-corrected chi connectivity index (χ4v) is 18.1. The van der Waals surface area contributed by atoms with E-state index in [4.69, 9.17) is 14.2 Å². The number of rotatable bonds is 16. The van der Waals surface area contributed by atoms with E-state index in [1.807, 2.05) is 72.6 Å². The number of nitrogens with zero attached hydrogens (tertiary/aromatic N) is 4. The SMILES string of the molecule is C=C(NCC(=O)N[C@H]1CCN(C(=O)[C@@H]2C[C@H](SC3=C(C(=O)O)N4C(=O)[C@H]([C@@H](C)O)[C@H]4[C@H]3C)CN2C)C1)C(C)(C)CC[C@@H]1/C=C(\C)C[C@H](C)C[C@H](C)[C@H]2O[C@@](O)(C(=O)C(=O)N3CCCC[C@H]3C(=O)O[C@H](/C(C)=C/[C@@H]3CC[C@@H](O)[C@H](OC)C3)[C@H](C)[C@@H](O)CC1=O)[C@H](C)C[C@@H]2C. The number of thioether (sulfide) groups is 1. The predicted octanol–water partition coefficient (Wildman–Crippen LogP) is 5.89. The molecule has 0 radical (unpaired) electrons. The monoisotopic (exact) mass is 1320 g/mol. The number of aliphatic carboxylic acids is 1. The Balaban J connectivity index is 0.930. The second-order valence-electron chi connectivity index (χ2n) is 29.9. The number of aliphatic hydroxyl groups excluding tert-OH is 3. The van der Waals surface area contributed by atoms with Gasteiger partial charge in [0.1, 0.15) is 23.6 Å². The molecule has 8 aliphatic rings. The minimum absolute atomic E-state index is 0.0355. The first-order valence-corrected chi connectivity index (χ1v) is 35.2. The van der Waals surface area contributed by atoms with Crippen molar-refractivity contribution in [3.63, 3.8) is 0 Å². The fraction of sp³-hybridized carbons (Fsp3) is 0.771. The van der Waals surface area contributed by atoms with Crippen molar-refractivity contribution in [3.8, 4) is 0 Å². The maximum absolute atomic E-state index is 15.0. The van der Waals surface area contributed by atoms with E-state index >= 15 is 0 Å². The van der Waals surface area contributed by atoms with Gasteiger partial charge in [-0.2, -0.15) is 0 Å². The van der Waals surface area contributed by atoms with E-state index in [1.165, 1.54) is 21.6 Å². The summed E-state index contributed by atoms with van der Waals surface area (Å²) in [6.45, 7) is 26.5. The second-order valence-corrected chi connectivity index (χ2v) is 31.3. The fourth-order valence-electron chi connectivity index (χ4n) is 16.5. The Morgan fingerprint density at radius 1 is 0.935 bits per heavy atom. The number of hydrogen-bond acceptors (Lipinski definition) is 18.